The van der Waals surface area contributed by atoms with Gasteiger partial charge in [0.25, 0.3) is 5.91 Å². The number of alkyl halides is 2. The Labute approximate surface area is 161 Å². The molecule has 9 heteroatoms. The highest BCUT2D eigenvalue weighted by Gasteiger charge is 2.43. The zero-order valence-electron chi connectivity index (χ0n) is 14.5. The van der Waals surface area contributed by atoms with Gasteiger partial charge in [0.05, 0.1) is 17.5 Å². The molecule has 2 aliphatic rings. The fourth-order valence-electron chi connectivity index (χ4n) is 4.14. The zero-order valence-corrected chi connectivity index (χ0v) is 15.3. The summed E-state index contributed by atoms with van der Waals surface area (Å²) in [7, 11) is 0. The van der Waals surface area contributed by atoms with Crippen LogP contribution in [-0.4, -0.2) is 46.7 Å². The first-order valence-corrected chi connectivity index (χ1v) is 8.66. The molecule has 0 spiro atoms. The van der Waals surface area contributed by atoms with E-state index in [1.165, 1.54) is 18.3 Å². The van der Waals surface area contributed by atoms with Crippen LogP contribution in [0.4, 0.5) is 8.78 Å². The number of carbonyl (C=O) groups is 1. The zero-order chi connectivity index (χ0) is 18.3. The normalized spacial score (nSPS) is 24.0. The molecule has 1 saturated carbocycles. The van der Waals surface area contributed by atoms with Crippen molar-refractivity contribution in [1.29, 1.82) is 0 Å². The van der Waals surface area contributed by atoms with Crippen LogP contribution in [0, 0.1) is 11.8 Å². The number of likely N-dealkylation sites (tertiary alicyclic amines) is 1. The summed E-state index contributed by atoms with van der Waals surface area (Å²) in [5.41, 5.74) is 7.64. The number of rotatable bonds is 4. The Balaban J connectivity index is 0.00000210. The van der Waals surface area contributed by atoms with E-state index in [9.17, 15) is 13.6 Å². The number of benzene rings is 1. The van der Waals surface area contributed by atoms with Crippen molar-refractivity contribution in [3.05, 3.63) is 36.0 Å². The molecule has 1 saturated heterocycles. The molecule has 1 aromatic heterocycles. The van der Waals surface area contributed by atoms with Crippen molar-refractivity contribution in [2.24, 2.45) is 17.6 Å². The van der Waals surface area contributed by atoms with Crippen molar-refractivity contribution in [2.45, 2.75) is 25.5 Å². The summed E-state index contributed by atoms with van der Waals surface area (Å²) in [6, 6.07) is 6.38. The third-order valence-electron chi connectivity index (χ3n) is 5.42. The molecule has 1 amide bonds. The number of amides is 1. The van der Waals surface area contributed by atoms with E-state index >= 15 is 0 Å². The van der Waals surface area contributed by atoms with Crippen LogP contribution in [0.15, 0.2) is 30.5 Å². The summed E-state index contributed by atoms with van der Waals surface area (Å²) in [5, 5.41) is 6.78. The molecule has 146 valence electrons. The predicted molar refractivity (Wildman–Crippen MR) is 98.0 cm³/mol. The number of nitrogens with zero attached hydrogens (tertiary/aromatic N) is 2. The van der Waals surface area contributed by atoms with Crippen LogP contribution in [0.3, 0.4) is 0 Å². The van der Waals surface area contributed by atoms with Gasteiger partial charge < -0.3 is 15.4 Å². The number of hydrogen-bond acceptors (Lipinski definition) is 4. The van der Waals surface area contributed by atoms with Gasteiger partial charge in [-0.25, -0.2) is 0 Å². The number of carbonyl (C=O) groups excluding carboxylic acids is 1. The van der Waals surface area contributed by atoms with Crippen LogP contribution < -0.4 is 10.5 Å². The first-order chi connectivity index (χ1) is 12.5. The van der Waals surface area contributed by atoms with E-state index in [0.717, 1.165) is 12.8 Å². The lowest BCUT2D eigenvalue weighted by atomic mass is 9.98. The highest BCUT2D eigenvalue weighted by molar-refractivity contribution is 6.00. The van der Waals surface area contributed by atoms with Gasteiger partial charge in [0.15, 0.2) is 0 Å². The maximum absolute atomic E-state index is 13.0. The topological polar surface area (TPSA) is 84.2 Å². The van der Waals surface area contributed by atoms with E-state index in [0.29, 0.717) is 41.7 Å². The molecular weight excluding hydrogens is 378 g/mol. The molecule has 0 radical (unpaired) electrons. The van der Waals surface area contributed by atoms with Gasteiger partial charge in [-0.3, -0.25) is 9.89 Å². The second kappa shape index (κ2) is 7.82. The summed E-state index contributed by atoms with van der Waals surface area (Å²) in [4.78, 5) is 14.8. The fourth-order valence-corrected chi connectivity index (χ4v) is 4.14. The van der Waals surface area contributed by atoms with E-state index in [-0.39, 0.29) is 30.1 Å². The fraction of sp³-hybridized carbons (Fsp3) is 0.444. The molecular formula is C18H21ClF2N4O2. The Morgan fingerprint density at radius 1 is 1.33 bits per heavy atom. The Hall–Kier alpha value is -2.19. The van der Waals surface area contributed by atoms with E-state index < -0.39 is 6.61 Å². The highest BCUT2D eigenvalue weighted by atomic mass is 35.5. The van der Waals surface area contributed by atoms with Crippen LogP contribution in [0.2, 0.25) is 0 Å². The van der Waals surface area contributed by atoms with Crippen LogP contribution in [0.25, 0.3) is 11.3 Å². The number of aromatic nitrogens is 2. The summed E-state index contributed by atoms with van der Waals surface area (Å²) in [5.74, 6) is 0.742. The minimum Gasteiger partial charge on any atom is -0.435 e. The summed E-state index contributed by atoms with van der Waals surface area (Å²) in [6.45, 7) is -1.54. The third-order valence-corrected chi connectivity index (χ3v) is 5.42. The molecule has 4 rings (SSSR count). The number of hydrogen-bond donors (Lipinski definition) is 2. The van der Waals surface area contributed by atoms with E-state index in [1.54, 1.807) is 12.1 Å². The standard InChI is InChI=1S/C18H20F2N4O2.ClH/c19-18(20)26-12-3-1-2-10(6-12)16-13(7-22-23-16)17(25)24-8-11-4-5-15(21)14(11)9-24;/h1-3,6-7,11,14-15,18H,4-5,8-9,21H2,(H,22,23);1H. The number of H-pyrrole nitrogens is 1. The van der Waals surface area contributed by atoms with Crippen molar-refractivity contribution in [3.8, 4) is 17.0 Å². The quantitative estimate of drug-likeness (QED) is 0.829. The highest BCUT2D eigenvalue weighted by Crippen LogP contribution is 2.38. The number of halogens is 3. The molecule has 1 aliphatic heterocycles. The average Bonchev–Trinajstić information content (AvgIpc) is 3.31. The van der Waals surface area contributed by atoms with E-state index in [1.807, 2.05) is 4.90 Å². The van der Waals surface area contributed by atoms with Gasteiger partial charge in [0.2, 0.25) is 0 Å². The number of fused-ring (bicyclic) bond motifs is 1. The third kappa shape index (κ3) is 3.77. The van der Waals surface area contributed by atoms with Gasteiger partial charge in [-0.2, -0.15) is 13.9 Å². The second-order valence-corrected chi connectivity index (χ2v) is 6.94. The van der Waals surface area contributed by atoms with Crippen LogP contribution >= 0.6 is 12.4 Å². The maximum Gasteiger partial charge on any atom is 0.387 e. The minimum absolute atomic E-state index is 0. The number of nitrogens with one attached hydrogen (secondary N) is 1. The largest absolute Gasteiger partial charge is 0.435 e. The molecule has 1 aliphatic carbocycles. The smallest absolute Gasteiger partial charge is 0.387 e. The molecule has 0 bridgehead atoms. The van der Waals surface area contributed by atoms with Crippen molar-refractivity contribution < 1.29 is 18.3 Å². The lowest BCUT2D eigenvalue weighted by Crippen LogP contribution is -2.33. The molecule has 27 heavy (non-hydrogen) atoms. The van der Waals surface area contributed by atoms with E-state index in [4.69, 9.17) is 5.73 Å². The lowest BCUT2D eigenvalue weighted by molar-refractivity contribution is -0.0498. The first kappa shape index (κ1) is 19.6. The van der Waals surface area contributed by atoms with Gasteiger partial charge in [0.1, 0.15) is 5.75 Å². The Bertz CT molecular complexity index is 816. The lowest BCUT2D eigenvalue weighted by Gasteiger charge is -2.18. The Morgan fingerprint density at radius 2 is 2.15 bits per heavy atom. The SMILES string of the molecule is Cl.NC1CCC2CN(C(=O)c3cn[nH]c3-c3cccc(OC(F)F)c3)CC12. The molecule has 6 nitrogen and oxygen atoms in total. The predicted octanol–water partition coefficient (Wildman–Crippen LogP) is 2.91. The van der Waals surface area contributed by atoms with Crippen LogP contribution in [0.5, 0.6) is 5.75 Å². The van der Waals surface area contributed by atoms with Crippen LogP contribution in [-0.2, 0) is 0 Å². The summed E-state index contributed by atoms with van der Waals surface area (Å²) < 4.78 is 29.3. The monoisotopic (exact) mass is 398 g/mol. The maximum atomic E-state index is 13.0. The van der Waals surface area contributed by atoms with Gasteiger partial charge in [-0.05, 0) is 36.8 Å². The van der Waals surface area contributed by atoms with Gasteiger partial charge in [-0.15, -0.1) is 12.4 Å². The van der Waals surface area contributed by atoms with Gasteiger partial charge >= 0.3 is 6.61 Å². The molecule has 2 aromatic rings. The van der Waals surface area contributed by atoms with Crippen molar-refractivity contribution in [3.63, 3.8) is 0 Å². The van der Waals surface area contributed by atoms with Crippen molar-refractivity contribution in [2.75, 3.05) is 13.1 Å². The molecule has 2 fully saturated rings. The molecule has 2 heterocycles. The summed E-state index contributed by atoms with van der Waals surface area (Å²) >= 11 is 0. The number of ether oxygens (including phenoxy) is 1. The first-order valence-electron chi connectivity index (χ1n) is 8.66. The van der Waals surface area contributed by atoms with Crippen molar-refractivity contribution >= 4 is 18.3 Å². The van der Waals surface area contributed by atoms with Gasteiger partial charge in [0, 0.05) is 24.7 Å². The summed E-state index contributed by atoms with van der Waals surface area (Å²) in [6.07, 6.45) is 3.55. The Morgan fingerprint density at radius 3 is 2.89 bits per heavy atom. The van der Waals surface area contributed by atoms with Crippen LogP contribution in [0.1, 0.15) is 23.2 Å². The molecule has 1 aromatic carbocycles. The molecule has 3 unspecified atom stereocenters. The second-order valence-electron chi connectivity index (χ2n) is 6.94. The molecule has 3 atom stereocenters. The van der Waals surface area contributed by atoms with E-state index in [2.05, 4.69) is 14.9 Å². The number of aromatic amines is 1. The average molecular weight is 399 g/mol. The van der Waals surface area contributed by atoms with Gasteiger partial charge in [-0.1, -0.05) is 12.1 Å². The minimum atomic E-state index is -2.90. The van der Waals surface area contributed by atoms with Crippen molar-refractivity contribution in [1.82, 2.24) is 15.1 Å². The number of nitrogens with two attached hydrogens (primary N) is 1. The Kier molecular flexibility index (Phi) is 5.67. The molecule has 3 N–H and O–H groups in total.